The van der Waals surface area contributed by atoms with Crippen LogP contribution in [0, 0.1) is 0 Å². The maximum Gasteiger partial charge on any atom is 0.257 e. The third-order valence-electron chi connectivity index (χ3n) is 2.87. The van der Waals surface area contributed by atoms with Gasteiger partial charge in [-0.15, -0.1) is 0 Å². The average molecular weight is 339 g/mol. The first-order chi connectivity index (χ1) is 10.1. The number of carbonyl (C=O) groups is 1. The Balaban J connectivity index is 2.00. The Morgan fingerprint density at radius 1 is 1.19 bits per heavy atom. The summed E-state index contributed by atoms with van der Waals surface area (Å²) < 4.78 is 8.25. The van der Waals surface area contributed by atoms with Crippen molar-refractivity contribution in [2.45, 2.75) is 0 Å². The van der Waals surface area contributed by atoms with Crippen LogP contribution < -0.4 is 11.1 Å². The Morgan fingerprint density at radius 2 is 2.00 bits per heavy atom. The quantitative estimate of drug-likeness (QED) is 0.695. The summed E-state index contributed by atoms with van der Waals surface area (Å²) in [5, 5.41) is 3.58. The van der Waals surface area contributed by atoms with Crippen molar-refractivity contribution in [3.63, 3.8) is 0 Å². The van der Waals surface area contributed by atoms with Crippen molar-refractivity contribution in [3.8, 4) is 0 Å². The van der Waals surface area contributed by atoms with E-state index in [0.717, 1.165) is 11.7 Å². The second-order valence-electron chi connectivity index (χ2n) is 4.24. The topological polar surface area (TPSA) is 80.9 Å². The van der Waals surface area contributed by atoms with Gasteiger partial charge in [0.05, 0.1) is 28.0 Å². The van der Waals surface area contributed by atoms with Gasteiger partial charge < -0.3 is 11.1 Å². The van der Waals surface area contributed by atoms with Crippen LogP contribution >= 0.6 is 34.9 Å². The van der Waals surface area contributed by atoms with E-state index < -0.39 is 0 Å². The second kappa shape index (κ2) is 5.48. The van der Waals surface area contributed by atoms with Gasteiger partial charge in [-0.3, -0.25) is 4.79 Å². The summed E-state index contributed by atoms with van der Waals surface area (Å²) >= 11 is 13.0. The maximum atomic E-state index is 12.3. The van der Waals surface area contributed by atoms with Gasteiger partial charge in [0.2, 0.25) is 0 Å². The van der Waals surface area contributed by atoms with Gasteiger partial charge in [0.15, 0.2) is 0 Å². The van der Waals surface area contributed by atoms with Gasteiger partial charge in [0.25, 0.3) is 5.91 Å². The first-order valence-corrected chi connectivity index (χ1v) is 7.32. The van der Waals surface area contributed by atoms with E-state index in [1.165, 1.54) is 6.07 Å². The molecule has 0 atom stereocenters. The number of anilines is 2. The van der Waals surface area contributed by atoms with Crippen molar-refractivity contribution in [3.05, 3.63) is 45.9 Å². The van der Waals surface area contributed by atoms with Crippen LogP contribution in [0.5, 0.6) is 0 Å². The molecule has 1 amide bonds. The number of hydrogen-bond acceptors (Lipinski definition) is 5. The monoisotopic (exact) mass is 338 g/mol. The number of halogens is 2. The minimum atomic E-state index is -0.383. The summed E-state index contributed by atoms with van der Waals surface area (Å²) in [6.07, 6.45) is 0. The van der Waals surface area contributed by atoms with Crippen LogP contribution in [0.3, 0.4) is 0 Å². The Bertz CT molecular complexity index is 849. The number of nitrogens with two attached hydrogens (primary N) is 1. The third-order valence-corrected chi connectivity index (χ3v) is 3.97. The summed E-state index contributed by atoms with van der Waals surface area (Å²) in [5.41, 5.74) is 8.05. The molecule has 5 nitrogen and oxygen atoms in total. The standard InChI is InChI=1S/C13H8Cl2N4OS/c14-6-1-2-7(9(16)5-6)13(20)17-11-8(15)3-4-10-12(11)19-21-18-10/h1-5H,16H2,(H,17,20). The molecule has 0 bridgehead atoms. The Labute approximate surface area is 134 Å². The number of fused-ring (bicyclic) bond motifs is 1. The van der Waals surface area contributed by atoms with Crippen molar-refractivity contribution in [1.82, 2.24) is 8.75 Å². The van der Waals surface area contributed by atoms with Crippen molar-refractivity contribution in [1.29, 1.82) is 0 Å². The Hall–Kier alpha value is -1.89. The molecule has 0 fully saturated rings. The molecule has 106 valence electrons. The molecule has 0 unspecified atom stereocenters. The van der Waals surface area contributed by atoms with E-state index in [4.69, 9.17) is 28.9 Å². The van der Waals surface area contributed by atoms with E-state index >= 15 is 0 Å². The molecule has 3 N–H and O–H groups in total. The van der Waals surface area contributed by atoms with Crippen LogP contribution in [-0.4, -0.2) is 14.7 Å². The first kappa shape index (κ1) is 14.1. The minimum Gasteiger partial charge on any atom is -0.398 e. The molecule has 8 heteroatoms. The Morgan fingerprint density at radius 3 is 2.76 bits per heavy atom. The van der Waals surface area contributed by atoms with Crippen LogP contribution in [0.4, 0.5) is 11.4 Å². The zero-order chi connectivity index (χ0) is 15.0. The van der Waals surface area contributed by atoms with E-state index in [-0.39, 0.29) is 5.91 Å². The number of amides is 1. The van der Waals surface area contributed by atoms with Gasteiger partial charge in [0.1, 0.15) is 11.0 Å². The fourth-order valence-electron chi connectivity index (χ4n) is 1.87. The van der Waals surface area contributed by atoms with Crippen molar-refractivity contribution >= 4 is 63.2 Å². The molecule has 0 aliphatic carbocycles. The van der Waals surface area contributed by atoms with Crippen LogP contribution in [0.1, 0.15) is 10.4 Å². The molecule has 2 aromatic carbocycles. The number of carbonyl (C=O) groups excluding carboxylic acids is 1. The number of hydrogen-bond donors (Lipinski definition) is 2. The lowest BCUT2D eigenvalue weighted by Gasteiger charge is -2.09. The smallest absolute Gasteiger partial charge is 0.257 e. The fourth-order valence-corrected chi connectivity index (χ4v) is 2.79. The summed E-state index contributed by atoms with van der Waals surface area (Å²) in [5.74, 6) is -0.383. The van der Waals surface area contributed by atoms with E-state index in [2.05, 4.69) is 14.1 Å². The van der Waals surface area contributed by atoms with E-state index in [1.54, 1.807) is 24.3 Å². The molecule has 0 spiro atoms. The lowest BCUT2D eigenvalue weighted by molar-refractivity contribution is 0.102. The van der Waals surface area contributed by atoms with Gasteiger partial charge in [0, 0.05) is 10.7 Å². The Kier molecular flexibility index (Phi) is 3.67. The molecular formula is C13H8Cl2N4OS. The lowest BCUT2D eigenvalue weighted by atomic mass is 10.1. The lowest BCUT2D eigenvalue weighted by Crippen LogP contribution is -2.14. The predicted octanol–water partition coefficient (Wildman–Crippen LogP) is 3.83. The number of rotatable bonds is 2. The van der Waals surface area contributed by atoms with Gasteiger partial charge in [-0.1, -0.05) is 23.2 Å². The van der Waals surface area contributed by atoms with Gasteiger partial charge in [-0.25, -0.2) is 0 Å². The SMILES string of the molecule is Nc1cc(Cl)ccc1C(=O)Nc1c(Cl)ccc2nsnc12. The summed E-state index contributed by atoms with van der Waals surface area (Å²) in [7, 11) is 0. The van der Waals surface area contributed by atoms with Crippen molar-refractivity contribution < 1.29 is 4.79 Å². The van der Waals surface area contributed by atoms with Crippen LogP contribution in [-0.2, 0) is 0 Å². The van der Waals surface area contributed by atoms with E-state index in [9.17, 15) is 4.79 Å². The second-order valence-corrected chi connectivity index (χ2v) is 5.61. The normalized spacial score (nSPS) is 10.8. The summed E-state index contributed by atoms with van der Waals surface area (Å²) in [6.45, 7) is 0. The molecular weight excluding hydrogens is 331 g/mol. The highest BCUT2D eigenvalue weighted by molar-refractivity contribution is 7.00. The van der Waals surface area contributed by atoms with Crippen LogP contribution in [0.2, 0.25) is 10.0 Å². The van der Waals surface area contributed by atoms with Gasteiger partial charge in [-0.05, 0) is 30.3 Å². The van der Waals surface area contributed by atoms with Gasteiger partial charge >= 0.3 is 0 Å². The highest BCUT2D eigenvalue weighted by Crippen LogP contribution is 2.30. The van der Waals surface area contributed by atoms with Crippen LogP contribution in [0.15, 0.2) is 30.3 Å². The zero-order valence-corrected chi connectivity index (χ0v) is 12.8. The van der Waals surface area contributed by atoms with Gasteiger partial charge in [-0.2, -0.15) is 8.75 Å². The molecule has 0 aliphatic heterocycles. The number of benzene rings is 2. The van der Waals surface area contributed by atoms with E-state index in [1.807, 2.05) is 0 Å². The molecule has 0 saturated carbocycles. The molecule has 1 aromatic heterocycles. The third kappa shape index (κ3) is 2.65. The minimum absolute atomic E-state index is 0.291. The number of nitrogens with one attached hydrogen (secondary N) is 1. The zero-order valence-electron chi connectivity index (χ0n) is 10.4. The number of nitrogen functional groups attached to an aromatic ring is 1. The molecule has 1 heterocycles. The maximum absolute atomic E-state index is 12.3. The molecule has 3 rings (SSSR count). The largest absolute Gasteiger partial charge is 0.398 e. The highest BCUT2D eigenvalue weighted by atomic mass is 35.5. The summed E-state index contributed by atoms with van der Waals surface area (Å²) in [6, 6.07) is 8.07. The highest BCUT2D eigenvalue weighted by Gasteiger charge is 2.16. The molecule has 0 radical (unpaired) electrons. The van der Waals surface area contributed by atoms with Crippen LogP contribution in [0.25, 0.3) is 11.0 Å². The van der Waals surface area contributed by atoms with Crippen molar-refractivity contribution in [2.75, 3.05) is 11.1 Å². The van der Waals surface area contributed by atoms with Crippen molar-refractivity contribution in [2.24, 2.45) is 0 Å². The average Bonchev–Trinajstić information content (AvgIpc) is 2.90. The fraction of sp³-hybridized carbons (Fsp3) is 0. The number of aromatic nitrogens is 2. The molecule has 3 aromatic rings. The van der Waals surface area contributed by atoms with E-state index in [0.29, 0.717) is 38.0 Å². The molecule has 0 saturated heterocycles. The number of nitrogens with zero attached hydrogens (tertiary/aromatic N) is 2. The predicted molar refractivity (Wildman–Crippen MR) is 86.2 cm³/mol. The first-order valence-electron chi connectivity index (χ1n) is 5.83. The molecule has 0 aliphatic rings. The summed E-state index contributed by atoms with van der Waals surface area (Å²) in [4.78, 5) is 12.3. The molecule has 21 heavy (non-hydrogen) atoms.